The van der Waals surface area contributed by atoms with Crippen molar-refractivity contribution in [3.8, 4) is 11.5 Å². The summed E-state index contributed by atoms with van der Waals surface area (Å²) in [5.41, 5.74) is 1.94. The lowest BCUT2D eigenvalue weighted by atomic mass is 10.2. The van der Waals surface area contributed by atoms with Crippen molar-refractivity contribution in [2.45, 2.75) is 6.92 Å². The van der Waals surface area contributed by atoms with Gasteiger partial charge in [0.25, 0.3) is 11.1 Å². The third-order valence-electron chi connectivity index (χ3n) is 3.92. The highest BCUT2D eigenvalue weighted by Gasteiger charge is 2.34. The van der Waals surface area contributed by atoms with E-state index in [1.807, 2.05) is 49.4 Å². The van der Waals surface area contributed by atoms with Gasteiger partial charge in [0, 0.05) is 0 Å². The van der Waals surface area contributed by atoms with Crippen molar-refractivity contribution in [2.75, 3.05) is 20.3 Å². The lowest BCUT2D eigenvalue weighted by Crippen LogP contribution is -2.32. The Bertz CT molecular complexity index is 913. The molecule has 0 unspecified atom stereocenters. The Kier molecular flexibility index (Phi) is 6.43. The minimum absolute atomic E-state index is 0.218. The average molecular weight is 495 g/mol. The van der Waals surface area contributed by atoms with E-state index in [4.69, 9.17) is 9.47 Å². The van der Waals surface area contributed by atoms with Crippen LogP contribution in [0.3, 0.4) is 0 Å². The van der Waals surface area contributed by atoms with Crippen molar-refractivity contribution in [1.82, 2.24) is 4.90 Å². The smallest absolute Gasteiger partial charge is 0.293 e. The molecule has 2 aromatic carbocycles. The highest BCUT2D eigenvalue weighted by molar-refractivity contribution is 14.1. The lowest BCUT2D eigenvalue weighted by molar-refractivity contribution is -0.123. The lowest BCUT2D eigenvalue weighted by Gasteiger charge is -2.13. The maximum atomic E-state index is 12.6. The fourth-order valence-electron chi connectivity index (χ4n) is 2.58. The normalized spacial score (nSPS) is 15.5. The summed E-state index contributed by atoms with van der Waals surface area (Å²) in [7, 11) is 1.61. The van der Waals surface area contributed by atoms with E-state index in [1.165, 1.54) is 4.90 Å². The van der Waals surface area contributed by atoms with Gasteiger partial charge < -0.3 is 9.47 Å². The predicted octanol–water partition coefficient (Wildman–Crippen LogP) is 4.72. The van der Waals surface area contributed by atoms with Crippen LogP contribution in [-0.2, 0) is 4.79 Å². The van der Waals surface area contributed by atoms with Gasteiger partial charge in [0.2, 0.25) is 0 Å². The van der Waals surface area contributed by atoms with Gasteiger partial charge in [0.15, 0.2) is 0 Å². The van der Waals surface area contributed by atoms with Gasteiger partial charge in [-0.3, -0.25) is 14.5 Å². The largest absolute Gasteiger partial charge is 0.496 e. The molecule has 2 amide bonds. The summed E-state index contributed by atoms with van der Waals surface area (Å²) in [5.74, 6) is 1.21. The van der Waals surface area contributed by atoms with Gasteiger partial charge in [0.1, 0.15) is 18.1 Å². The van der Waals surface area contributed by atoms with Crippen molar-refractivity contribution in [1.29, 1.82) is 0 Å². The fraction of sp³-hybridized carbons (Fsp3) is 0.200. The van der Waals surface area contributed by atoms with Crippen molar-refractivity contribution in [2.24, 2.45) is 0 Å². The Labute approximate surface area is 175 Å². The van der Waals surface area contributed by atoms with Gasteiger partial charge in [-0.1, -0.05) is 18.2 Å². The van der Waals surface area contributed by atoms with Gasteiger partial charge in [-0.05, 0) is 82.7 Å². The second kappa shape index (κ2) is 8.79. The SMILES string of the molecule is COc1ccc(/C=C2\SC(=O)N(CCOc3cccc(C)c3)C2=O)cc1I. The van der Waals surface area contributed by atoms with Crippen molar-refractivity contribution < 1.29 is 19.1 Å². The van der Waals surface area contributed by atoms with E-state index in [2.05, 4.69) is 22.6 Å². The molecule has 140 valence electrons. The molecule has 5 nitrogen and oxygen atoms in total. The monoisotopic (exact) mass is 495 g/mol. The number of methoxy groups -OCH3 is 1. The number of hydrogen-bond acceptors (Lipinski definition) is 5. The van der Waals surface area contributed by atoms with Gasteiger partial charge in [-0.25, -0.2) is 0 Å². The molecule has 1 heterocycles. The second-order valence-corrected chi connectivity index (χ2v) is 8.05. The summed E-state index contributed by atoms with van der Waals surface area (Å²) in [6, 6.07) is 13.3. The van der Waals surface area contributed by atoms with Crippen molar-refractivity contribution >= 4 is 51.6 Å². The summed E-state index contributed by atoms with van der Waals surface area (Å²) in [6.45, 7) is 2.46. The van der Waals surface area contributed by atoms with Crippen LogP contribution in [0.4, 0.5) is 4.79 Å². The third-order valence-corrected chi connectivity index (χ3v) is 5.67. The Balaban J connectivity index is 1.65. The van der Waals surface area contributed by atoms with E-state index in [-0.39, 0.29) is 24.3 Å². The van der Waals surface area contributed by atoms with Gasteiger partial charge in [0.05, 0.1) is 22.1 Å². The summed E-state index contributed by atoms with van der Waals surface area (Å²) in [6.07, 6.45) is 1.73. The van der Waals surface area contributed by atoms with Crippen molar-refractivity contribution in [3.63, 3.8) is 0 Å². The molecule has 1 fully saturated rings. The number of benzene rings is 2. The summed E-state index contributed by atoms with van der Waals surface area (Å²) < 4.78 is 11.8. The van der Waals surface area contributed by atoms with Crippen LogP contribution in [0.5, 0.6) is 11.5 Å². The molecule has 0 N–H and O–H groups in total. The number of rotatable bonds is 6. The zero-order chi connectivity index (χ0) is 19.4. The Morgan fingerprint density at radius 1 is 1.19 bits per heavy atom. The Morgan fingerprint density at radius 3 is 2.70 bits per heavy atom. The second-order valence-electron chi connectivity index (χ2n) is 5.89. The maximum absolute atomic E-state index is 12.6. The zero-order valence-corrected chi connectivity index (χ0v) is 17.9. The standard InChI is InChI=1S/C20H18INO4S/c1-13-4-3-5-15(10-13)26-9-8-22-19(23)18(27-20(22)24)12-14-6-7-17(25-2)16(21)11-14/h3-7,10-12H,8-9H2,1-2H3/b18-12-. The minimum atomic E-state index is -0.288. The molecule has 1 saturated heterocycles. The number of hydrogen-bond donors (Lipinski definition) is 0. The molecule has 0 saturated carbocycles. The molecule has 0 radical (unpaired) electrons. The molecular weight excluding hydrogens is 477 g/mol. The predicted molar refractivity (Wildman–Crippen MR) is 115 cm³/mol. The molecular formula is C20H18INO4S. The van der Waals surface area contributed by atoms with Crippen LogP contribution in [0.2, 0.25) is 0 Å². The van der Waals surface area contributed by atoms with E-state index >= 15 is 0 Å². The van der Waals surface area contributed by atoms with Gasteiger partial charge >= 0.3 is 0 Å². The van der Waals surface area contributed by atoms with Crippen LogP contribution < -0.4 is 9.47 Å². The zero-order valence-electron chi connectivity index (χ0n) is 14.9. The van der Waals surface area contributed by atoms with Crippen LogP contribution in [0.15, 0.2) is 47.4 Å². The van der Waals surface area contributed by atoms with E-state index in [9.17, 15) is 9.59 Å². The molecule has 7 heteroatoms. The Morgan fingerprint density at radius 2 is 2.00 bits per heavy atom. The first kappa shape index (κ1) is 19.8. The summed E-state index contributed by atoms with van der Waals surface area (Å²) in [4.78, 5) is 26.4. The van der Waals surface area contributed by atoms with Crippen LogP contribution in [0, 0.1) is 10.5 Å². The number of ether oxygens (including phenoxy) is 2. The number of carbonyl (C=O) groups excluding carboxylic acids is 2. The first-order valence-corrected chi connectivity index (χ1v) is 10.2. The summed E-state index contributed by atoms with van der Waals surface area (Å²) >= 11 is 3.12. The van der Waals surface area contributed by atoms with E-state index in [1.54, 1.807) is 13.2 Å². The van der Waals surface area contributed by atoms with Crippen LogP contribution in [0.1, 0.15) is 11.1 Å². The maximum Gasteiger partial charge on any atom is 0.293 e. The molecule has 0 aromatic heterocycles. The first-order chi connectivity index (χ1) is 13.0. The molecule has 1 aliphatic heterocycles. The summed E-state index contributed by atoms with van der Waals surface area (Å²) in [5, 5.41) is -0.276. The number of imide groups is 1. The van der Waals surface area contributed by atoms with Gasteiger partial charge in [-0.15, -0.1) is 0 Å². The number of amides is 2. The minimum Gasteiger partial charge on any atom is -0.496 e. The van der Waals surface area contributed by atoms with Gasteiger partial charge in [-0.2, -0.15) is 0 Å². The third kappa shape index (κ3) is 4.84. The number of carbonyl (C=O) groups is 2. The molecule has 1 aliphatic rings. The first-order valence-electron chi connectivity index (χ1n) is 8.26. The fourth-order valence-corrected chi connectivity index (χ4v) is 4.20. The number of halogens is 1. The molecule has 0 bridgehead atoms. The van der Waals surface area contributed by atoms with E-state index < -0.39 is 0 Å². The van der Waals surface area contributed by atoms with E-state index in [0.29, 0.717) is 4.91 Å². The number of nitrogens with zero attached hydrogens (tertiary/aromatic N) is 1. The molecule has 0 spiro atoms. The highest BCUT2D eigenvalue weighted by atomic mass is 127. The highest BCUT2D eigenvalue weighted by Crippen LogP contribution is 2.33. The molecule has 27 heavy (non-hydrogen) atoms. The molecule has 0 aliphatic carbocycles. The molecule has 0 atom stereocenters. The molecule has 3 rings (SSSR count). The number of aryl methyl sites for hydroxylation is 1. The number of thioether (sulfide) groups is 1. The molecule has 2 aromatic rings. The topological polar surface area (TPSA) is 55.8 Å². The average Bonchev–Trinajstić information content (AvgIpc) is 2.89. The van der Waals surface area contributed by atoms with E-state index in [0.717, 1.165) is 38.0 Å². The van der Waals surface area contributed by atoms with Crippen LogP contribution >= 0.6 is 34.4 Å². The van der Waals surface area contributed by atoms with Crippen molar-refractivity contribution in [3.05, 3.63) is 62.1 Å². The quantitative estimate of drug-likeness (QED) is 0.429. The van der Waals surface area contributed by atoms with Crippen LogP contribution in [-0.4, -0.2) is 36.3 Å². The van der Waals surface area contributed by atoms with Crippen LogP contribution in [0.25, 0.3) is 6.08 Å². The Hall–Kier alpha value is -2.00.